The molecule has 66 valence electrons. The molecular weight excluding hydrogens is 160 g/mol. The lowest BCUT2D eigenvalue weighted by Crippen LogP contribution is -2.42. The van der Waals surface area contributed by atoms with Crippen LogP contribution in [0.1, 0.15) is 6.92 Å². The molecule has 0 aliphatic carbocycles. The highest BCUT2D eigenvalue weighted by Gasteiger charge is 2.36. The van der Waals surface area contributed by atoms with Crippen LogP contribution in [-0.2, 0) is 4.74 Å². The molecule has 5 heteroatoms. The predicted molar refractivity (Wildman–Crippen MR) is 43.7 cm³/mol. The molecule has 1 rings (SSSR count). The molecule has 5 nitrogen and oxygen atoms in total. The maximum atomic E-state index is 10.4. The smallest absolute Gasteiger partial charge is 0.146 e. The first-order chi connectivity index (χ1) is 5.73. The van der Waals surface area contributed by atoms with Crippen LogP contribution in [0.4, 0.5) is 0 Å². The number of ether oxygens (including phenoxy) is 1. The van der Waals surface area contributed by atoms with Gasteiger partial charge in [-0.1, -0.05) is 22.5 Å². The minimum atomic E-state index is -0.938. The quantitative estimate of drug-likeness (QED) is 0.472. The van der Waals surface area contributed by atoms with Crippen molar-refractivity contribution in [2.24, 2.45) is 10.4 Å². The minimum Gasteiger partial charge on any atom is -0.369 e. The SMILES string of the molecule is CC1(N=O)C=CCOC1CN=O. The first-order valence-corrected chi connectivity index (χ1v) is 3.66. The van der Waals surface area contributed by atoms with E-state index in [1.807, 2.05) is 0 Å². The van der Waals surface area contributed by atoms with Gasteiger partial charge in [0.05, 0.1) is 6.61 Å². The standard InChI is InChI=1S/C7H10N2O3/c1-7(9-11)3-2-4-12-6(7)5-8-10/h2-3,6H,4-5H2,1H3. The monoisotopic (exact) mass is 170 g/mol. The average Bonchev–Trinajstić information content (AvgIpc) is 2.10. The molecule has 0 N–H and O–H groups in total. The fraction of sp³-hybridized carbons (Fsp3) is 0.714. The second-order valence-corrected chi connectivity index (χ2v) is 2.85. The summed E-state index contributed by atoms with van der Waals surface area (Å²) in [4.78, 5) is 20.4. The molecule has 1 heterocycles. The van der Waals surface area contributed by atoms with Gasteiger partial charge in [-0.3, -0.25) is 0 Å². The molecule has 1 aliphatic rings. The lowest BCUT2D eigenvalue weighted by molar-refractivity contribution is 0.0327. The summed E-state index contributed by atoms with van der Waals surface area (Å²) >= 11 is 0. The molecule has 0 radical (unpaired) electrons. The van der Waals surface area contributed by atoms with Gasteiger partial charge in [-0.05, 0) is 6.92 Å². The molecule has 0 saturated heterocycles. The Labute approximate surface area is 69.7 Å². The first kappa shape index (κ1) is 8.99. The molecule has 0 aromatic heterocycles. The van der Waals surface area contributed by atoms with Gasteiger partial charge >= 0.3 is 0 Å². The van der Waals surface area contributed by atoms with Crippen LogP contribution in [0.15, 0.2) is 22.5 Å². The highest BCUT2D eigenvalue weighted by Crippen LogP contribution is 2.23. The van der Waals surface area contributed by atoms with Crippen LogP contribution in [-0.4, -0.2) is 24.8 Å². The second kappa shape index (κ2) is 3.53. The van der Waals surface area contributed by atoms with Crippen molar-refractivity contribution in [3.05, 3.63) is 22.0 Å². The zero-order valence-corrected chi connectivity index (χ0v) is 6.77. The summed E-state index contributed by atoms with van der Waals surface area (Å²) in [6.07, 6.45) is 2.85. The summed E-state index contributed by atoms with van der Waals surface area (Å²) < 4.78 is 5.15. The van der Waals surface area contributed by atoms with Crippen LogP contribution in [0.2, 0.25) is 0 Å². The van der Waals surface area contributed by atoms with Crippen molar-refractivity contribution in [1.82, 2.24) is 0 Å². The van der Waals surface area contributed by atoms with Gasteiger partial charge in [0.25, 0.3) is 0 Å². The minimum absolute atomic E-state index is 0.0351. The maximum absolute atomic E-state index is 10.4. The van der Waals surface area contributed by atoms with E-state index in [4.69, 9.17) is 4.74 Å². The molecule has 0 saturated carbocycles. The van der Waals surface area contributed by atoms with E-state index >= 15 is 0 Å². The molecule has 12 heavy (non-hydrogen) atoms. The van der Waals surface area contributed by atoms with E-state index in [1.165, 1.54) is 0 Å². The van der Waals surface area contributed by atoms with Crippen molar-refractivity contribution in [2.75, 3.05) is 13.2 Å². The largest absolute Gasteiger partial charge is 0.369 e. The Morgan fingerprint density at radius 2 is 2.42 bits per heavy atom. The van der Waals surface area contributed by atoms with E-state index in [1.54, 1.807) is 19.1 Å². The number of nitroso groups, excluding NO2 is 2. The van der Waals surface area contributed by atoms with Crippen molar-refractivity contribution >= 4 is 0 Å². The van der Waals surface area contributed by atoms with Gasteiger partial charge in [0.2, 0.25) is 0 Å². The van der Waals surface area contributed by atoms with Crippen LogP contribution in [0.3, 0.4) is 0 Å². The summed E-state index contributed by atoms with van der Waals surface area (Å²) in [5.74, 6) is 0. The Morgan fingerprint density at radius 3 is 3.00 bits per heavy atom. The van der Waals surface area contributed by atoms with Crippen LogP contribution in [0.25, 0.3) is 0 Å². The van der Waals surface area contributed by atoms with Gasteiger partial charge in [0.15, 0.2) is 0 Å². The fourth-order valence-corrected chi connectivity index (χ4v) is 1.13. The summed E-state index contributed by atoms with van der Waals surface area (Å²) in [6, 6.07) is 0. The van der Waals surface area contributed by atoms with E-state index < -0.39 is 11.6 Å². The van der Waals surface area contributed by atoms with Gasteiger partial charge in [-0.15, -0.1) is 4.91 Å². The third-order valence-electron chi connectivity index (χ3n) is 1.94. The molecule has 0 aromatic carbocycles. The fourth-order valence-electron chi connectivity index (χ4n) is 1.13. The molecular formula is C7H10N2O3. The predicted octanol–water partition coefficient (Wildman–Crippen LogP) is 1.23. The lowest BCUT2D eigenvalue weighted by Gasteiger charge is -2.29. The Hall–Kier alpha value is -1.10. The van der Waals surface area contributed by atoms with Gasteiger partial charge in [0.1, 0.15) is 18.2 Å². The van der Waals surface area contributed by atoms with Gasteiger partial charge < -0.3 is 4.74 Å². The molecule has 0 fully saturated rings. The van der Waals surface area contributed by atoms with E-state index in [2.05, 4.69) is 10.4 Å². The Morgan fingerprint density at radius 1 is 1.67 bits per heavy atom. The molecule has 2 unspecified atom stereocenters. The third kappa shape index (κ3) is 1.55. The van der Waals surface area contributed by atoms with Crippen molar-refractivity contribution < 1.29 is 4.74 Å². The van der Waals surface area contributed by atoms with Gasteiger partial charge in [-0.2, -0.15) is 4.91 Å². The molecule has 2 atom stereocenters. The summed E-state index contributed by atoms with van der Waals surface area (Å²) in [5.41, 5.74) is -0.938. The van der Waals surface area contributed by atoms with Gasteiger partial charge in [0, 0.05) is 0 Å². The highest BCUT2D eigenvalue weighted by molar-refractivity contribution is 5.12. The number of hydrogen-bond acceptors (Lipinski definition) is 5. The van der Waals surface area contributed by atoms with Crippen molar-refractivity contribution in [1.29, 1.82) is 0 Å². The van der Waals surface area contributed by atoms with E-state index in [-0.39, 0.29) is 6.54 Å². The first-order valence-electron chi connectivity index (χ1n) is 3.66. The van der Waals surface area contributed by atoms with Crippen molar-refractivity contribution in [2.45, 2.75) is 18.6 Å². The van der Waals surface area contributed by atoms with Gasteiger partial charge in [-0.25, -0.2) is 0 Å². The topological polar surface area (TPSA) is 68.1 Å². The lowest BCUT2D eigenvalue weighted by atomic mass is 9.93. The number of nitrogens with zero attached hydrogens (tertiary/aromatic N) is 2. The third-order valence-corrected chi connectivity index (χ3v) is 1.94. The Bertz CT molecular complexity index is 217. The molecule has 0 bridgehead atoms. The highest BCUT2D eigenvalue weighted by atomic mass is 16.5. The van der Waals surface area contributed by atoms with Crippen LogP contribution in [0.5, 0.6) is 0 Å². The Balaban J connectivity index is 2.77. The summed E-state index contributed by atoms with van der Waals surface area (Å²) in [7, 11) is 0. The average molecular weight is 170 g/mol. The zero-order valence-electron chi connectivity index (χ0n) is 6.77. The number of rotatable bonds is 3. The van der Waals surface area contributed by atoms with Crippen molar-refractivity contribution in [3.63, 3.8) is 0 Å². The Kier molecular flexibility index (Phi) is 2.65. The molecule has 0 amide bonds. The zero-order chi connectivity index (χ0) is 9.03. The van der Waals surface area contributed by atoms with E-state index in [0.717, 1.165) is 0 Å². The molecule has 0 aromatic rings. The normalized spacial score (nSPS) is 34.6. The number of hydrogen-bond donors (Lipinski definition) is 0. The second-order valence-electron chi connectivity index (χ2n) is 2.85. The molecule has 1 aliphatic heterocycles. The van der Waals surface area contributed by atoms with Crippen LogP contribution in [0, 0.1) is 9.81 Å². The van der Waals surface area contributed by atoms with E-state index in [9.17, 15) is 9.81 Å². The molecule has 0 spiro atoms. The maximum Gasteiger partial charge on any atom is 0.146 e. The summed E-state index contributed by atoms with van der Waals surface area (Å²) in [6.45, 7) is 1.99. The summed E-state index contributed by atoms with van der Waals surface area (Å²) in [5, 5.41) is 5.61. The van der Waals surface area contributed by atoms with Crippen LogP contribution >= 0.6 is 0 Å². The van der Waals surface area contributed by atoms with Crippen LogP contribution < -0.4 is 0 Å². The van der Waals surface area contributed by atoms with Crippen molar-refractivity contribution in [3.8, 4) is 0 Å². The van der Waals surface area contributed by atoms with E-state index in [0.29, 0.717) is 6.61 Å².